The molecule has 0 unspecified atom stereocenters. The summed E-state index contributed by atoms with van der Waals surface area (Å²) >= 11 is 12.2. The standard InChI is InChI=1S/C23H26Cl2FN5O3/c1-12-3-5-14(6-4-12)27-21(32)15-11-18-20(30-22(15)34-8-7-33-2)31-23(28-18)29-19-16(24)9-13(26)10-17(19)25/h9-12,14H,3-8H2,1-2H3,(H,27,32)(H2,28,29,30,31)/t12-,14-. The lowest BCUT2D eigenvalue weighted by molar-refractivity contribution is 0.0914. The quantitative estimate of drug-likeness (QED) is 0.347. The number of carbonyl (C=O) groups is 1. The van der Waals surface area contributed by atoms with Gasteiger partial charge in [-0.1, -0.05) is 30.1 Å². The second-order valence-electron chi connectivity index (χ2n) is 8.44. The normalized spacial score (nSPS) is 18.1. The van der Waals surface area contributed by atoms with Gasteiger partial charge in [-0.15, -0.1) is 0 Å². The number of H-pyrrole nitrogens is 1. The van der Waals surface area contributed by atoms with Crippen molar-refractivity contribution in [3.63, 3.8) is 0 Å². The molecule has 0 atom stereocenters. The van der Waals surface area contributed by atoms with E-state index in [0.29, 0.717) is 29.4 Å². The molecule has 0 saturated heterocycles. The lowest BCUT2D eigenvalue weighted by atomic mass is 9.87. The fourth-order valence-corrected chi connectivity index (χ4v) is 4.48. The highest BCUT2D eigenvalue weighted by Crippen LogP contribution is 2.34. The lowest BCUT2D eigenvalue weighted by Gasteiger charge is -2.27. The van der Waals surface area contributed by atoms with Crippen LogP contribution in [0.5, 0.6) is 5.88 Å². The average molecular weight is 510 g/mol. The van der Waals surface area contributed by atoms with Crippen LogP contribution in [0.25, 0.3) is 11.2 Å². The van der Waals surface area contributed by atoms with Gasteiger partial charge in [0.05, 0.1) is 22.3 Å². The molecular formula is C23H26Cl2FN5O3. The van der Waals surface area contributed by atoms with E-state index in [-0.39, 0.29) is 46.0 Å². The zero-order valence-electron chi connectivity index (χ0n) is 18.9. The van der Waals surface area contributed by atoms with Crippen LogP contribution in [0, 0.1) is 11.7 Å². The van der Waals surface area contributed by atoms with Gasteiger partial charge in [-0.05, 0) is 49.8 Å². The molecule has 3 aromatic rings. The molecular weight excluding hydrogens is 484 g/mol. The molecule has 0 bridgehead atoms. The lowest BCUT2D eigenvalue weighted by Crippen LogP contribution is -2.37. The van der Waals surface area contributed by atoms with Crippen LogP contribution < -0.4 is 15.4 Å². The first-order valence-electron chi connectivity index (χ1n) is 11.1. The van der Waals surface area contributed by atoms with E-state index in [1.54, 1.807) is 13.2 Å². The summed E-state index contributed by atoms with van der Waals surface area (Å²) in [7, 11) is 1.57. The van der Waals surface area contributed by atoms with Crippen LogP contribution in [0.4, 0.5) is 16.0 Å². The Morgan fingerprint density at radius 2 is 1.85 bits per heavy atom. The number of carbonyl (C=O) groups excluding carboxylic acids is 1. The summed E-state index contributed by atoms with van der Waals surface area (Å²) in [4.78, 5) is 25.1. The molecule has 34 heavy (non-hydrogen) atoms. The summed E-state index contributed by atoms with van der Waals surface area (Å²) < 4.78 is 24.3. The highest BCUT2D eigenvalue weighted by atomic mass is 35.5. The third-order valence-electron chi connectivity index (χ3n) is 5.81. The summed E-state index contributed by atoms with van der Waals surface area (Å²) in [6.45, 7) is 2.81. The summed E-state index contributed by atoms with van der Waals surface area (Å²) in [6, 6.07) is 4.03. The van der Waals surface area contributed by atoms with Crippen LogP contribution in [0.1, 0.15) is 43.0 Å². The van der Waals surface area contributed by atoms with E-state index >= 15 is 0 Å². The van der Waals surface area contributed by atoms with Gasteiger partial charge in [0.1, 0.15) is 23.5 Å². The molecule has 4 rings (SSSR count). The molecule has 0 aliphatic heterocycles. The van der Waals surface area contributed by atoms with Crippen LogP contribution in [-0.4, -0.2) is 47.2 Å². The number of amides is 1. The minimum absolute atomic E-state index is 0.101. The van der Waals surface area contributed by atoms with Crippen molar-refractivity contribution in [1.82, 2.24) is 20.3 Å². The van der Waals surface area contributed by atoms with E-state index < -0.39 is 5.82 Å². The van der Waals surface area contributed by atoms with Gasteiger partial charge < -0.3 is 25.1 Å². The summed E-state index contributed by atoms with van der Waals surface area (Å²) in [5.74, 6) is 0.326. The molecule has 8 nitrogen and oxygen atoms in total. The topological polar surface area (TPSA) is 101 Å². The number of benzene rings is 1. The fourth-order valence-electron chi connectivity index (χ4n) is 3.92. The molecule has 0 radical (unpaired) electrons. The number of hydrogen-bond acceptors (Lipinski definition) is 6. The van der Waals surface area contributed by atoms with Gasteiger partial charge in [-0.2, -0.15) is 4.98 Å². The summed E-state index contributed by atoms with van der Waals surface area (Å²) in [5.41, 5.74) is 1.42. The molecule has 1 saturated carbocycles. The Kier molecular flexibility index (Phi) is 7.75. The van der Waals surface area contributed by atoms with Crippen molar-refractivity contribution in [3.05, 3.63) is 39.6 Å². The Labute approximate surface area is 206 Å². The maximum Gasteiger partial charge on any atom is 0.257 e. The van der Waals surface area contributed by atoms with Crippen molar-refractivity contribution >= 4 is 51.9 Å². The van der Waals surface area contributed by atoms with E-state index in [0.717, 1.165) is 37.8 Å². The smallest absolute Gasteiger partial charge is 0.257 e. The maximum absolute atomic E-state index is 13.5. The van der Waals surface area contributed by atoms with Crippen LogP contribution in [0.15, 0.2) is 18.2 Å². The van der Waals surface area contributed by atoms with Gasteiger partial charge in [-0.25, -0.2) is 9.37 Å². The number of anilines is 2. The van der Waals surface area contributed by atoms with Crippen molar-refractivity contribution in [3.8, 4) is 5.88 Å². The number of pyridine rings is 1. The van der Waals surface area contributed by atoms with E-state index in [2.05, 4.69) is 32.5 Å². The number of nitrogens with one attached hydrogen (secondary N) is 3. The van der Waals surface area contributed by atoms with Crippen LogP contribution >= 0.6 is 23.2 Å². The Morgan fingerprint density at radius 1 is 1.15 bits per heavy atom. The molecule has 182 valence electrons. The van der Waals surface area contributed by atoms with Crippen molar-refractivity contribution in [2.75, 3.05) is 25.6 Å². The highest BCUT2D eigenvalue weighted by Gasteiger charge is 2.24. The molecule has 1 aromatic carbocycles. The summed E-state index contributed by atoms with van der Waals surface area (Å²) in [5, 5.41) is 6.25. The number of rotatable bonds is 8. The second kappa shape index (κ2) is 10.8. The minimum atomic E-state index is -0.548. The molecule has 1 amide bonds. The van der Waals surface area contributed by atoms with Crippen LogP contribution in [-0.2, 0) is 4.74 Å². The molecule has 1 aliphatic rings. The van der Waals surface area contributed by atoms with Gasteiger partial charge in [0.25, 0.3) is 5.91 Å². The third kappa shape index (κ3) is 5.71. The van der Waals surface area contributed by atoms with Crippen molar-refractivity contribution in [1.29, 1.82) is 0 Å². The highest BCUT2D eigenvalue weighted by molar-refractivity contribution is 6.39. The fraction of sp³-hybridized carbons (Fsp3) is 0.435. The number of methoxy groups -OCH3 is 1. The molecule has 1 aliphatic carbocycles. The predicted octanol–water partition coefficient (Wildman–Crippen LogP) is 5.48. The Bertz CT molecular complexity index is 1160. The number of hydrogen-bond donors (Lipinski definition) is 3. The zero-order chi connectivity index (χ0) is 24.2. The second-order valence-corrected chi connectivity index (χ2v) is 9.25. The molecule has 0 spiro atoms. The molecule has 1 fully saturated rings. The number of aromatic amines is 1. The van der Waals surface area contributed by atoms with Gasteiger partial charge in [0.15, 0.2) is 5.65 Å². The average Bonchev–Trinajstić information content (AvgIpc) is 3.19. The van der Waals surface area contributed by atoms with E-state index in [1.165, 1.54) is 0 Å². The third-order valence-corrected chi connectivity index (χ3v) is 6.40. The van der Waals surface area contributed by atoms with Crippen molar-refractivity contribution in [2.24, 2.45) is 5.92 Å². The largest absolute Gasteiger partial charge is 0.475 e. The Morgan fingerprint density at radius 3 is 2.53 bits per heavy atom. The zero-order valence-corrected chi connectivity index (χ0v) is 20.4. The van der Waals surface area contributed by atoms with E-state index in [4.69, 9.17) is 32.7 Å². The van der Waals surface area contributed by atoms with E-state index in [9.17, 15) is 9.18 Å². The predicted molar refractivity (Wildman–Crippen MR) is 130 cm³/mol. The van der Waals surface area contributed by atoms with Crippen LogP contribution in [0.3, 0.4) is 0 Å². The molecule has 2 aromatic heterocycles. The van der Waals surface area contributed by atoms with Gasteiger partial charge in [0.2, 0.25) is 11.8 Å². The van der Waals surface area contributed by atoms with Crippen LogP contribution in [0.2, 0.25) is 10.0 Å². The Hall–Kier alpha value is -2.62. The maximum atomic E-state index is 13.5. The SMILES string of the molecule is COCCOc1nc2[nH]c(Nc3c(Cl)cc(F)cc3Cl)nc2cc1C(=O)N[C@H]1CC[C@H](C)CC1. The number of aromatic nitrogens is 3. The van der Waals surface area contributed by atoms with E-state index in [1.807, 2.05) is 0 Å². The summed E-state index contributed by atoms with van der Waals surface area (Å²) in [6.07, 6.45) is 4.06. The van der Waals surface area contributed by atoms with Gasteiger partial charge in [-0.3, -0.25) is 4.79 Å². The van der Waals surface area contributed by atoms with Crippen molar-refractivity contribution < 1.29 is 18.7 Å². The van der Waals surface area contributed by atoms with Crippen molar-refractivity contribution in [2.45, 2.75) is 38.6 Å². The number of imidazole rings is 1. The Balaban J connectivity index is 1.61. The minimum Gasteiger partial charge on any atom is -0.475 e. The number of fused-ring (bicyclic) bond motifs is 1. The first-order valence-corrected chi connectivity index (χ1v) is 11.8. The number of halogens is 3. The number of nitrogens with zero attached hydrogens (tertiary/aromatic N) is 2. The monoisotopic (exact) mass is 509 g/mol. The van der Waals surface area contributed by atoms with Gasteiger partial charge in [0, 0.05) is 13.2 Å². The first kappa shape index (κ1) is 24.5. The first-order chi connectivity index (χ1) is 16.3. The van der Waals surface area contributed by atoms with Gasteiger partial charge >= 0.3 is 0 Å². The molecule has 2 heterocycles. The molecule has 11 heteroatoms. The molecule has 3 N–H and O–H groups in total. The number of ether oxygens (including phenoxy) is 2.